The highest BCUT2D eigenvalue weighted by atomic mass is 16.5. The molecule has 2 unspecified atom stereocenters. The molecule has 3 rings (SSSR count). The summed E-state index contributed by atoms with van der Waals surface area (Å²) in [6, 6.07) is 5.60. The van der Waals surface area contributed by atoms with Crippen LogP contribution in [-0.2, 0) is 0 Å². The minimum atomic E-state index is -0.365. The van der Waals surface area contributed by atoms with Gasteiger partial charge < -0.3 is 20.1 Å². The first-order chi connectivity index (χ1) is 9.66. The Morgan fingerprint density at radius 1 is 1.55 bits per heavy atom. The molecule has 5 nitrogen and oxygen atoms in total. The highest BCUT2D eigenvalue weighted by Gasteiger charge is 2.31. The number of para-hydroxylation sites is 1. The Morgan fingerprint density at radius 3 is 3.15 bits per heavy atom. The lowest BCUT2D eigenvalue weighted by atomic mass is 10.0. The second kappa shape index (κ2) is 5.32. The molecular weight excluding hydrogens is 256 g/mol. The Kier molecular flexibility index (Phi) is 3.53. The molecule has 2 N–H and O–H groups in total. The summed E-state index contributed by atoms with van der Waals surface area (Å²) in [5.41, 5.74) is 1.49. The van der Waals surface area contributed by atoms with Gasteiger partial charge in [-0.2, -0.15) is 0 Å². The number of aliphatic hydroxyl groups is 1. The number of fused-ring (bicyclic) bond motifs is 1. The molecule has 0 radical (unpaired) electrons. The zero-order chi connectivity index (χ0) is 14.1. The molecular formula is C15H20N2O3. The molecule has 0 spiro atoms. The highest BCUT2D eigenvalue weighted by Crippen LogP contribution is 2.33. The van der Waals surface area contributed by atoms with E-state index in [-0.39, 0.29) is 17.9 Å². The van der Waals surface area contributed by atoms with E-state index >= 15 is 0 Å². The van der Waals surface area contributed by atoms with Crippen LogP contribution < -0.4 is 10.1 Å². The second-order valence-corrected chi connectivity index (χ2v) is 5.50. The topological polar surface area (TPSA) is 61.8 Å². The smallest absolute Gasteiger partial charge is 0.257 e. The van der Waals surface area contributed by atoms with Gasteiger partial charge in [-0.15, -0.1) is 0 Å². The largest absolute Gasteiger partial charge is 0.489 e. The third kappa shape index (κ3) is 2.33. The normalized spacial score (nSPS) is 22.7. The molecule has 1 aromatic carbocycles. The summed E-state index contributed by atoms with van der Waals surface area (Å²) in [6.45, 7) is 4.45. The number of carbonyl (C=O) groups excluding carboxylic acids is 1. The summed E-state index contributed by atoms with van der Waals surface area (Å²) >= 11 is 0. The Morgan fingerprint density at radius 2 is 2.40 bits per heavy atom. The van der Waals surface area contributed by atoms with E-state index in [9.17, 15) is 9.90 Å². The lowest BCUT2D eigenvalue weighted by Gasteiger charge is -2.24. The highest BCUT2D eigenvalue weighted by molar-refractivity contribution is 5.99. The summed E-state index contributed by atoms with van der Waals surface area (Å²) in [4.78, 5) is 14.4. The van der Waals surface area contributed by atoms with Crippen molar-refractivity contribution in [1.82, 2.24) is 4.90 Å². The number of benzene rings is 1. The molecule has 20 heavy (non-hydrogen) atoms. The van der Waals surface area contributed by atoms with Gasteiger partial charge >= 0.3 is 0 Å². The summed E-state index contributed by atoms with van der Waals surface area (Å²) < 4.78 is 5.65. The van der Waals surface area contributed by atoms with Gasteiger partial charge in [0.05, 0.1) is 17.4 Å². The van der Waals surface area contributed by atoms with Crippen LogP contribution in [0.2, 0.25) is 0 Å². The van der Waals surface area contributed by atoms with Crippen molar-refractivity contribution in [1.29, 1.82) is 0 Å². The first kappa shape index (κ1) is 13.2. The van der Waals surface area contributed by atoms with Crippen molar-refractivity contribution in [2.45, 2.75) is 19.4 Å². The number of aliphatic hydroxyl groups excluding tert-OH is 1. The van der Waals surface area contributed by atoms with E-state index in [4.69, 9.17) is 4.74 Å². The van der Waals surface area contributed by atoms with Crippen LogP contribution in [-0.4, -0.2) is 48.3 Å². The molecule has 0 aromatic heterocycles. The Bertz CT molecular complexity index is 516. The van der Waals surface area contributed by atoms with Crippen LogP contribution in [0.1, 0.15) is 23.7 Å². The number of carbonyl (C=O) groups is 1. The van der Waals surface area contributed by atoms with Gasteiger partial charge in [-0.05, 0) is 25.5 Å². The average molecular weight is 276 g/mol. The van der Waals surface area contributed by atoms with Gasteiger partial charge in [0.15, 0.2) is 5.75 Å². The fourth-order valence-electron chi connectivity index (χ4n) is 2.87. The maximum atomic E-state index is 12.6. The van der Waals surface area contributed by atoms with Gasteiger partial charge in [0.25, 0.3) is 5.91 Å². The quantitative estimate of drug-likeness (QED) is 0.855. The first-order valence-corrected chi connectivity index (χ1v) is 7.14. The van der Waals surface area contributed by atoms with Crippen molar-refractivity contribution in [3.63, 3.8) is 0 Å². The Balaban J connectivity index is 1.81. The van der Waals surface area contributed by atoms with Gasteiger partial charge in [-0.1, -0.05) is 6.07 Å². The lowest BCUT2D eigenvalue weighted by molar-refractivity contribution is 0.0758. The van der Waals surface area contributed by atoms with Gasteiger partial charge in [0, 0.05) is 25.6 Å². The molecule has 108 valence electrons. The first-order valence-electron chi connectivity index (χ1n) is 7.14. The predicted octanol–water partition coefficient (Wildman–Crippen LogP) is 1.33. The minimum absolute atomic E-state index is 0.00583. The maximum Gasteiger partial charge on any atom is 0.257 e. The van der Waals surface area contributed by atoms with Crippen LogP contribution in [0.15, 0.2) is 18.2 Å². The number of ether oxygens (including phenoxy) is 1. The standard InChI is InChI=1S/C15H20N2O3/c1-10(18)11-5-7-17(9-11)15(19)12-3-2-4-13-14(12)20-8-6-16-13/h2-4,10-11,16,18H,5-9H2,1H3. The second-order valence-electron chi connectivity index (χ2n) is 5.50. The number of hydrogen-bond acceptors (Lipinski definition) is 4. The van der Waals surface area contributed by atoms with E-state index in [0.29, 0.717) is 31.0 Å². The zero-order valence-electron chi connectivity index (χ0n) is 11.6. The van der Waals surface area contributed by atoms with Gasteiger partial charge in [-0.3, -0.25) is 4.79 Å². The Labute approximate surface area is 118 Å². The maximum absolute atomic E-state index is 12.6. The van der Waals surface area contributed by atoms with Crippen molar-refractivity contribution in [2.75, 3.05) is 31.6 Å². The van der Waals surface area contributed by atoms with Gasteiger partial charge in [0.2, 0.25) is 0 Å². The van der Waals surface area contributed by atoms with Crippen molar-refractivity contribution >= 4 is 11.6 Å². The molecule has 1 fully saturated rings. The summed E-state index contributed by atoms with van der Waals surface area (Å²) in [7, 11) is 0. The molecule has 1 aromatic rings. The van der Waals surface area contributed by atoms with E-state index in [1.54, 1.807) is 6.92 Å². The van der Waals surface area contributed by atoms with Crippen LogP contribution in [0.25, 0.3) is 0 Å². The number of likely N-dealkylation sites (tertiary alicyclic amines) is 1. The van der Waals surface area contributed by atoms with Gasteiger partial charge in [0.1, 0.15) is 6.61 Å². The number of nitrogens with one attached hydrogen (secondary N) is 1. The van der Waals surface area contributed by atoms with E-state index in [1.807, 2.05) is 23.1 Å². The summed E-state index contributed by atoms with van der Waals surface area (Å²) in [5, 5.41) is 12.9. The van der Waals surface area contributed by atoms with Crippen molar-refractivity contribution in [3.8, 4) is 5.75 Å². The minimum Gasteiger partial charge on any atom is -0.489 e. The third-order valence-corrected chi connectivity index (χ3v) is 4.10. The fraction of sp³-hybridized carbons (Fsp3) is 0.533. The number of nitrogens with zero attached hydrogens (tertiary/aromatic N) is 1. The molecule has 0 aliphatic carbocycles. The van der Waals surface area contributed by atoms with Crippen LogP contribution in [0.3, 0.4) is 0 Å². The molecule has 0 bridgehead atoms. The molecule has 2 atom stereocenters. The molecule has 2 heterocycles. The van der Waals surface area contributed by atoms with E-state index in [1.165, 1.54) is 0 Å². The molecule has 2 aliphatic heterocycles. The number of anilines is 1. The zero-order valence-corrected chi connectivity index (χ0v) is 11.6. The van der Waals surface area contributed by atoms with Crippen molar-refractivity contribution < 1.29 is 14.6 Å². The van der Waals surface area contributed by atoms with Crippen LogP contribution >= 0.6 is 0 Å². The molecule has 1 amide bonds. The number of rotatable bonds is 2. The fourth-order valence-corrected chi connectivity index (χ4v) is 2.87. The van der Waals surface area contributed by atoms with Crippen LogP contribution in [0.4, 0.5) is 5.69 Å². The Hall–Kier alpha value is -1.75. The van der Waals surface area contributed by atoms with E-state index in [0.717, 1.165) is 18.7 Å². The summed E-state index contributed by atoms with van der Waals surface area (Å²) in [5.74, 6) is 0.829. The van der Waals surface area contributed by atoms with Gasteiger partial charge in [-0.25, -0.2) is 0 Å². The summed E-state index contributed by atoms with van der Waals surface area (Å²) in [6.07, 6.45) is 0.493. The molecule has 2 aliphatic rings. The molecule has 0 saturated carbocycles. The third-order valence-electron chi connectivity index (χ3n) is 4.10. The number of hydrogen-bond donors (Lipinski definition) is 2. The van der Waals surface area contributed by atoms with Crippen LogP contribution in [0.5, 0.6) is 5.75 Å². The average Bonchev–Trinajstić information content (AvgIpc) is 2.96. The van der Waals surface area contributed by atoms with E-state index in [2.05, 4.69) is 5.32 Å². The van der Waals surface area contributed by atoms with Crippen LogP contribution in [0, 0.1) is 5.92 Å². The molecule has 5 heteroatoms. The molecule has 1 saturated heterocycles. The monoisotopic (exact) mass is 276 g/mol. The SMILES string of the molecule is CC(O)C1CCN(C(=O)c2cccc3c2OCCN3)C1. The number of amides is 1. The van der Waals surface area contributed by atoms with Crippen molar-refractivity contribution in [2.24, 2.45) is 5.92 Å². The van der Waals surface area contributed by atoms with E-state index < -0.39 is 0 Å². The predicted molar refractivity (Wildman–Crippen MR) is 76.1 cm³/mol. The van der Waals surface area contributed by atoms with Crippen molar-refractivity contribution in [3.05, 3.63) is 23.8 Å². The lowest BCUT2D eigenvalue weighted by Crippen LogP contribution is -2.31.